The molecule has 0 aliphatic heterocycles. The van der Waals surface area contributed by atoms with Crippen molar-refractivity contribution in [2.24, 2.45) is 0 Å². The van der Waals surface area contributed by atoms with Gasteiger partial charge in [-0.1, -0.05) is 6.07 Å². The average Bonchev–Trinajstić information content (AvgIpc) is 2.74. The van der Waals surface area contributed by atoms with Crippen LogP contribution in [0, 0.1) is 12.7 Å². The van der Waals surface area contributed by atoms with Crippen molar-refractivity contribution in [3.63, 3.8) is 0 Å². The van der Waals surface area contributed by atoms with Crippen molar-refractivity contribution in [2.45, 2.75) is 6.92 Å². The summed E-state index contributed by atoms with van der Waals surface area (Å²) in [6.07, 6.45) is 0. The molecule has 0 aliphatic rings. The molecule has 1 aromatic carbocycles. The number of thiophene rings is 1. The van der Waals surface area contributed by atoms with E-state index in [0.29, 0.717) is 5.56 Å². The molecule has 0 saturated heterocycles. The van der Waals surface area contributed by atoms with Gasteiger partial charge < -0.3 is 10.4 Å². The number of aromatic carboxylic acids is 1. The van der Waals surface area contributed by atoms with Crippen LogP contribution >= 0.6 is 27.3 Å². The van der Waals surface area contributed by atoms with Gasteiger partial charge in [0.1, 0.15) is 10.7 Å². The second-order valence-electron chi connectivity index (χ2n) is 3.98. The molecular formula is C13H9BrFNO3S. The van der Waals surface area contributed by atoms with E-state index in [4.69, 9.17) is 5.11 Å². The molecule has 0 aliphatic carbocycles. The van der Waals surface area contributed by atoms with Crippen LogP contribution in [0.25, 0.3) is 0 Å². The van der Waals surface area contributed by atoms with Crippen molar-refractivity contribution in [3.05, 3.63) is 49.9 Å². The minimum Gasteiger partial charge on any atom is -0.477 e. The number of carbonyl (C=O) groups excluding carboxylic acids is 1. The molecule has 2 aromatic rings. The van der Waals surface area contributed by atoms with Gasteiger partial charge in [-0.3, -0.25) is 4.79 Å². The predicted octanol–water partition coefficient (Wildman–Crippen LogP) is 3.91. The first-order valence-electron chi connectivity index (χ1n) is 5.48. The molecular weight excluding hydrogens is 349 g/mol. The summed E-state index contributed by atoms with van der Waals surface area (Å²) >= 11 is 4.03. The highest BCUT2D eigenvalue weighted by Gasteiger charge is 2.19. The number of benzene rings is 1. The molecule has 1 aromatic heterocycles. The average molecular weight is 358 g/mol. The fourth-order valence-electron chi connectivity index (χ4n) is 1.62. The zero-order valence-corrected chi connectivity index (χ0v) is 12.6. The van der Waals surface area contributed by atoms with Crippen molar-refractivity contribution in [1.82, 2.24) is 0 Å². The monoisotopic (exact) mass is 357 g/mol. The van der Waals surface area contributed by atoms with Gasteiger partial charge in [0.15, 0.2) is 0 Å². The summed E-state index contributed by atoms with van der Waals surface area (Å²) in [5.41, 5.74) is 0.990. The third-order valence-corrected chi connectivity index (χ3v) is 4.50. The van der Waals surface area contributed by atoms with Gasteiger partial charge in [-0.25, -0.2) is 9.18 Å². The number of amides is 1. The first kappa shape index (κ1) is 14.7. The van der Waals surface area contributed by atoms with E-state index in [-0.39, 0.29) is 20.6 Å². The van der Waals surface area contributed by atoms with Crippen LogP contribution in [0.15, 0.2) is 28.1 Å². The summed E-state index contributed by atoms with van der Waals surface area (Å²) in [5.74, 6) is -2.24. The van der Waals surface area contributed by atoms with Crippen molar-refractivity contribution in [2.75, 3.05) is 5.32 Å². The lowest BCUT2D eigenvalue weighted by molar-refractivity contribution is 0.0703. The molecule has 0 fully saturated rings. The first-order valence-corrected chi connectivity index (χ1v) is 7.15. The van der Waals surface area contributed by atoms with Crippen molar-refractivity contribution >= 4 is 44.8 Å². The molecule has 0 bridgehead atoms. The number of nitrogens with one attached hydrogen (secondary N) is 1. The van der Waals surface area contributed by atoms with E-state index in [1.165, 1.54) is 18.2 Å². The lowest BCUT2D eigenvalue weighted by atomic mass is 10.2. The molecule has 0 saturated carbocycles. The fourth-order valence-corrected chi connectivity index (χ4v) is 2.90. The highest BCUT2D eigenvalue weighted by molar-refractivity contribution is 9.10. The molecule has 7 heteroatoms. The van der Waals surface area contributed by atoms with Crippen molar-refractivity contribution in [1.29, 1.82) is 0 Å². The van der Waals surface area contributed by atoms with Crippen LogP contribution in [-0.4, -0.2) is 17.0 Å². The van der Waals surface area contributed by atoms with Crippen LogP contribution in [-0.2, 0) is 0 Å². The van der Waals surface area contributed by atoms with Crippen LogP contribution in [0.1, 0.15) is 25.6 Å². The summed E-state index contributed by atoms with van der Waals surface area (Å²) in [4.78, 5) is 23.2. The number of anilines is 1. The van der Waals surface area contributed by atoms with Crippen molar-refractivity contribution in [3.8, 4) is 0 Å². The van der Waals surface area contributed by atoms with Gasteiger partial charge in [-0.15, -0.1) is 11.3 Å². The minimum absolute atomic E-state index is 0.0438. The second-order valence-corrected chi connectivity index (χ2v) is 5.66. The summed E-state index contributed by atoms with van der Waals surface area (Å²) in [7, 11) is 0. The second kappa shape index (κ2) is 5.72. The van der Waals surface area contributed by atoms with E-state index >= 15 is 0 Å². The molecule has 104 valence electrons. The normalized spacial score (nSPS) is 10.3. The first-order chi connectivity index (χ1) is 9.41. The zero-order chi connectivity index (χ0) is 14.9. The predicted molar refractivity (Wildman–Crippen MR) is 78.1 cm³/mol. The SMILES string of the molecule is Cc1csc(C(=O)O)c1NC(=O)c1cccc(F)c1Br. The van der Waals surface area contributed by atoms with E-state index in [1.54, 1.807) is 12.3 Å². The smallest absolute Gasteiger partial charge is 0.348 e. The molecule has 1 amide bonds. The summed E-state index contributed by atoms with van der Waals surface area (Å²) in [6, 6.07) is 4.08. The van der Waals surface area contributed by atoms with Crippen LogP contribution < -0.4 is 5.32 Å². The third kappa shape index (κ3) is 2.73. The Bertz CT molecular complexity index is 699. The molecule has 20 heavy (non-hydrogen) atoms. The fraction of sp³-hybridized carbons (Fsp3) is 0.0769. The van der Waals surface area contributed by atoms with E-state index < -0.39 is 17.7 Å². The molecule has 2 N–H and O–H groups in total. The van der Waals surface area contributed by atoms with Crippen LogP contribution in [0.3, 0.4) is 0 Å². The van der Waals surface area contributed by atoms with E-state index in [2.05, 4.69) is 21.2 Å². The quantitative estimate of drug-likeness (QED) is 0.874. The van der Waals surface area contributed by atoms with Crippen molar-refractivity contribution < 1.29 is 19.1 Å². The van der Waals surface area contributed by atoms with E-state index in [0.717, 1.165) is 11.3 Å². The van der Waals surface area contributed by atoms with Gasteiger partial charge in [0, 0.05) is 0 Å². The van der Waals surface area contributed by atoms with Gasteiger partial charge in [0.2, 0.25) is 0 Å². The Balaban J connectivity index is 2.35. The Kier molecular flexibility index (Phi) is 4.20. The van der Waals surface area contributed by atoms with Crippen LogP contribution in [0.5, 0.6) is 0 Å². The molecule has 1 heterocycles. The Hall–Kier alpha value is -1.73. The van der Waals surface area contributed by atoms with Crippen LogP contribution in [0.4, 0.5) is 10.1 Å². The van der Waals surface area contributed by atoms with E-state index in [9.17, 15) is 14.0 Å². The Morgan fingerprint density at radius 1 is 1.40 bits per heavy atom. The number of carboxylic acid groups (broad SMARTS) is 1. The van der Waals surface area contributed by atoms with Gasteiger partial charge in [0.05, 0.1) is 15.7 Å². The molecule has 0 radical (unpaired) electrons. The highest BCUT2D eigenvalue weighted by atomic mass is 79.9. The van der Waals surface area contributed by atoms with Gasteiger partial charge in [-0.2, -0.15) is 0 Å². The number of hydrogen-bond donors (Lipinski definition) is 2. The Morgan fingerprint density at radius 2 is 2.10 bits per heavy atom. The lowest BCUT2D eigenvalue weighted by Gasteiger charge is -2.08. The maximum Gasteiger partial charge on any atom is 0.348 e. The zero-order valence-electron chi connectivity index (χ0n) is 10.2. The maximum atomic E-state index is 13.4. The van der Waals surface area contributed by atoms with Gasteiger partial charge in [0.25, 0.3) is 5.91 Å². The standard InChI is InChI=1S/C13H9BrFNO3S/c1-6-5-20-11(13(18)19)10(6)16-12(17)7-3-2-4-8(15)9(7)14/h2-5H,1H3,(H,16,17)(H,18,19). The molecule has 0 atom stereocenters. The molecule has 0 unspecified atom stereocenters. The number of hydrogen-bond acceptors (Lipinski definition) is 3. The number of carbonyl (C=O) groups is 2. The Morgan fingerprint density at radius 3 is 2.75 bits per heavy atom. The number of carboxylic acids is 1. The molecule has 2 rings (SSSR count). The largest absolute Gasteiger partial charge is 0.477 e. The van der Waals surface area contributed by atoms with Gasteiger partial charge >= 0.3 is 5.97 Å². The van der Waals surface area contributed by atoms with Gasteiger partial charge in [-0.05, 0) is 45.9 Å². The molecule has 0 spiro atoms. The van der Waals surface area contributed by atoms with E-state index in [1.807, 2.05) is 0 Å². The third-order valence-electron chi connectivity index (χ3n) is 2.60. The lowest BCUT2D eigenvalue weighted by Crippen LogP contribution is -2.15. The highest BCUT2D eigenvalue weighted by Crippen LogP contribution is 2.29. The summed E-state index contributed by atoms with van der Waals surface area (Å²) in [6.45, 7) is 1.69. The Labute approximate surface area is 126 Å². The summed E-state index contributed by atoms with van der Waals surface area (Å²) in [5, 5.41) is 13.2. The maximum absolute atomic E-state index is 13.4. The number of rotatable bonds is 3. The number of halogens is 2. The topological polar surface area (TPSA) is 66.4 Å². The minimum atomic E-state index is -1.11. The summed E-state index contributed by atoms with van der Waals surface area (Å²) < 4.78 is 13.4. The molecule has 4 nitrogen and oxygen atoms in total. The van der Waals surface area contributed by atoms with Crippen LogP contribution in [0.2, 0.25) is 0 Å². The number of aryl methyl sites for hydroxylation is 1.